The van der Waals surface area contributed by atoms with Crippen LogP contribution in [0.1, 0.15) is 95.3 Å². The quantitative estimate of drug-likeness (QED) is 0.136. The number of fused-ring (bicyclic) bond motifs is 1. The number of aliphatic carboxylic acids is 1. The number of Topliss-reactive ketones (excluding diaryl/α,β-unsaturated/α-hetero) is 3. The van der Waals surface area contributed by atoms with Gasteiger partial charge in [0, 0.05) is 56.6 Å². The highest BCUT2D eigenvalue weighted by atomic mass is 19.3. The lowest BCUT2D eigenvalue weighted by atomic mass is 9.87. The zero-order valence-electron chi connectivity index (χ0n) is 34.7. The minimum atomic E-state index is -4.69. The SMILES string of the molecule is CCC[C@H](CC(=O)[C@@H]1C[C@@H](OC(=O)N2CCc3ccccc3C2)CN1C(=O)[C@@H](NC(=O)[C@@H](CC(=O)c1cnccn1)C(C)C)C(C)C)C(=O)C(F)(F)C(=O)N[C@@H](C)C(=O)O. The summed E-state index contributed by atoms with van der Waals surface area (Å²) in [7, 11) is 0. The molecule has 1 aromatic carbocycles. The van der Waals surface area contributed by atoms with E-state index in [0.29, 0.717) is 13.0 Å². The van der Waals surface area contributed by atoms with E-state index < -0.39 is 101 Å². The van der Waals surface area contributed by atoms with Crippen molar-refractivity contribution in [3.05, 3.63) is 59.7 Å². The summed E-state index contributed by atoms with van der Waals surface area (Å²) in [6.45, 7) is 9.63. The van der Waals surface area contributed by atoms with Crippen molar-refractivity contribution in [3.63, 3.8) is 0 Å². The highest BCUT2D eigenvalue weighted by Crippen LogP contribution is 2.31. The summed E-state index contributed by atoms with van der Waals surface area (Å²) in [6.07, 6.45) is 1.46. The van der Waals surface area contributed by atoms with Crippen LogP contribution in [0.25, 0.3) is 0 Å². The normalized spacial score (nSPS) is 18.5. The molecule has 1 aromatic heterocycles. The van der Waals surface area contributed by atoms with E-state index in [-0.39, 0.29) is 50.4 Å². The molecular formula is C42H54F2N6O10. The molecule has 1 fully saturated rings. The number of carboxylic acid groups (broad SMARTS) is 1. The Kier molecular flexibility index (Phi) is 16.1. The van der Waals surface area contributed by atoms with E-state index in [1.165, 1.54) is 23.5 Å². The number of carboxylic acids is 1. The first-order valence-corrected chi connectivity index (χ1v) is 20.2. The van der Waals surface area contributed by atoms with Crippen molar-refractivity contribution in [2.24, 2.45) is 23.7 Å². The molecule has 0 radical (unpaired) electrons. The van der Waals surface area contributed by atoms with Gasteiger partial charge in [0.15, 0.2) is 11.6 Å². The number of rotatable bonds is 19. The zero-order chi connectivity index (χ0) is 44.5. The number of carbonyl (C=O) groups excluding carboxylic acids is 7. The number of alkyl halides is 2. The number of ketones is 3. The minimum Gasteiger partial charge on any atom is -0.480 e. The predicted octanol–water partition coefficient (Wildman–Crippen LogP) is 3.80. The van der Waals surface area contributed by atoms with Crippen LogP contribution in [-0.4, -0.2) is 115 Å². The van der Waals surface area contributed by atoms with Gasteiger partial charge in [-0.25, -0.2) is 9.78 Å². The lowest BCUT2D eigenvalue weighted by Crippen LogP contribution is -2.55. The Morgan fingerprint density at radius 1 is 0.950 bits per heavy atom. The van der Waals surface area contributed by atoms with Crippen molar-refractivity contribution >= 4 is 47.1 Å². The van der Waals surface area contributed by atoms with Gasteiger partial charge in [-0.15, -0.1) is 0 Å². The molecule has 3 heterocycles. The number of benzene rings is 1. The van der Waals surface area contributed by atoms with Crippen LogP contribution in [0.3, 0.4) is 0 Å². The van der Waals surface area contributed by atoms with E-state index in [0.717, 1.165) is 23.0 Å². The van der Waals surface area contributed by atoms with Crippen molar-refractivity contribution in [3.8, 4) is 0 Å². The first kappa shape index (κ1) is 47.0. The fourth-order valence-corrected chi connectivity index (χ4v) is 7.40. The number of carbonyl (C=O) groups is 8. The molecule has 3 N–H and O–H groups in total. The number of amides is 4. The molecule has 18 heteroatoms. The van der Waals surface area contributed by atoms with Gasteiger partial charge in [0.25, 0.3) is 5.91 Å². The molecule has 1 saturated heterocycles. The molecule has 326 valence electrons. The van der Waals surface area contributed by atoms with Crippen molar-refractivity contribution < 1.29 is 57.0 Å². The molecule has 6 atom stereocenters. The van der Waals surface area contributed by atoms with E-state index >= 15 is 8.78 Å². The fourth-order valence-electron chi connectivity index (χ4n) is 7.40. The third kappa shape index (κ3) is 11.5. The van der Waals surface area contributed by atoms with Crippen LogP contribution in [0.15, 0.2) is 42.9 Å². The first-order chi connectivity index (χ1) is 28.3. The Morgan fingerprint density at radius 3 is 2.23 bits per heavy atom. The molecule has 2 aliphatic heterocycles. The van der Waals surface area contributed by atoms with E-state index in [1.54, 1.807) is 39.9 Å². The molecule has 60 heavy (non-hydrogen) atoms. The summed E-state index contributed by atoms with van der Waals surface area (Å²) in [6, 6.07) is 3.22. The van der Waals surface area contributed by atoms with Crippen molar-refractivity contribution in [2.45, 2.75) is 117 Å². The Balaban J connectivity index is 1.60. The first-order valence-electron chi connectivity index (χ1n) is 20.2. The molecule has 16 nitrogen and oxygen atoms in total. The summed E-state index contributed by atoms with van der Waals surface area (Å²) in [4.78, 5) is 116. The molecule has 2 aliphatic rings. The summed E-state index contributed by atoms with van der Waals surface area (Å²) in [5.41, 5.74) is 2.08. The van der Waals surface area contributed by atoms with Gasteiger partial charge >= 0.3 is 18.0 Å². The van der Waals surface area contributed by atoms with Crippen LogP contribution >= 0.6 is 0 Å². The maximum absolute atomic E-state index is 15.3. The Morgan fingerprint density at radius 2 is 1.63 bits per heavy atom. The van der Waals surface area contributed by atoms with Crippen LogP contribution in [0.4, 0.5) is 13.6 Å². The van der Waals surface area contributed by atoms with Gasteiger partial charge in [-0.3, -0.25) is 38.5 Å². The summed E-state index contributed by atoms with van der Waals surface area (Å²) < 4.78 is 36.4. The zero-order valence-corrected chi connectivity index (χ0v) is 34.7. The van der Waals surface area contributed by atoms with Gasteiger partial charge in [0.2, 0.25) is 17.6 Å². The second kappa shape index (κ2) is 20.5. The van der Waals surface area contributed by atoms with Gasteiger partial charge in [-0.1, -0.05) is 65.3 Å². The second-order valence-corrected chi connectivity index (χ2v) is 16.1. The predicted molar refractivity (Wildman–Crippen MR) is 210 cm³/mol. The van der Waals surface area contributed by atoms with Gasteiger partial charge in [0.1, 0.15) is 23.9 Å². The number of nitrogens with one attached hydrogen (secondary N) is 2. The third-order valence-corrected chi connectivity index (χ3v) is 11.0. The molecule has 2 aromatic rings. The standard InChI is InChI=1S/C42H54F2N6O10/c1-7-10-27(36(53)42(43,44)40(58)47-25(6)39(56)57)17-34(52)32-18-29(60-41(59)49-16-13-26-11-8-9-12-28(26)21-49)22-50(32)38(55)35(24(4)5)48-37(54)30(23(2)3)19-33(51)31-20-45-14-15-46-31/h8-9,11-12,14-15,20,23-25,27,29-30,32,35H,7,10,13,16-19,21-22H2,1-6H3,(H,47,58)(H,48,54)(H,56,57)/t25-,27+,29+,30-,32-,35-/m0/s1. The second-order valence-electron chi connectivity index (χ2n) is 16.1. The van der Waals surface area contributed by atoms with Crippen LogP contribution in [0.5, 0.6) is 0 Å². The summed E-state index contributed by atoms with van der Waals surface area (Å²) in [5.74, 6) is -16.5. The summed E-state index contributed by atoms with van der Waals surface area (Å²) in [5, 5.41) is 13.4. The van der Waals surface area contributed by atoms with Gasteiger partial charge < -0.3 is 30.3 Å². The van der Waals surface area contributed by atoms with Crippen LogP contribution in [0, 0.1) is 23.7 Å². The largest absolute Gasteiger partial charge is 0.480 e. The van der Waals surface area contributed by atoms with Crippen LogP contribution in [-0.2, 0) is 46.5 Å². The van der Waals surface area contributed by atoms with Crippen molar-refractivity contribution in [2.75, 3.05) is 13.1 Å². The van der Waals surface area contributed by atoms with Crippen LogP contribution < -0.4 is 10.6 Å². The Bertz CT molecular complexity index is 1930. The molecule has 4 rings (SSSR count). The fraction of sp³-hybridized carbons (Fsp3) is 0.571. The highest BCUT2D eigenvalue weighted by Gasteiger charge is 2.52. The monoisotopic (exact) mass is 840 g/mol. The van der Waals surface area contributed by atoms with Gasteiger partial charge in [0.05, 0.1) is 18.8 Å². The highest BCUT2D eigenvalue weighted by molar-refractivity contribution is 6.10. The van der Waals surface area contributed by atoms with Crippen molar-refractivity contribution in [1.29, 1.82) is 0 Å². The molecule has 0 aliphatic carbocycles. The molecule has 0 saturated carbocycles. The number of nitrogens with zero attached hydrogens (tertiary/aromatic N) is 4. The van der Waals surface area contributed by atoms with E-state index in [2.05, 4.69) is 15.3 Å². The number of hydrogen-bond acceptors (Lipinski definition) is 11. The number of aromatic nitrogens is 2. The van der Waals surface area contributed by atoms with E-state index in [1.807, 2.05) is 24.3 Å². The molecule has 0 bridgehead atoms. The molecule has 0 spiro atoms. The van der Waals surface area contributed by atoms with E-state index in [9.17, 15) is 38.4 Å². The maximum atomic E-state index is 15.3. The van der Waals surface area contributed by atoms with E-state index in [4.69, 9.17) is 9.84 Å². The topological polar surface area (TPSA) is 222 Å². The Labute approximate surface area is 347 Å². The minimum absolute atomic E-state index is 0.0632. The molecule has 0 unspecified atom stereocenters. The van der Waals surface area contributed by atoms with Gasteiger partial charge in [-0.2, -0.15) is 8.78 Å². The van der Waals surface area contributed by atoms with Gasteiger partial charge in [-0.05, 0) is 42.7 Å². The Hall–Kier alpha value is -5.68. The average Bonchev–Trinajstić information content (AvgIpc) is 3.64. The van der Waals surface area contributed by atoms with Crippen LogP contribution in [0.2, 0.25) is 0 Å². The lowest BCUT2D eigenvalue weighted by Gasteiger charge is -2.32. The number of likely N-dealkylation sites (tertiary alicyclic amines) is 1. The maximum Gasteiger partial charge on any atom is 0.410 e. The summed E-state index contributed by atoms with van der Waals surface area (Å²) >= 11 is 0. The molecular weight excluding hydrogens is 786 g/mol. The lowest BCUT2D eigenvalue weighted by molar-refractivity contribution is -0.163. The number of ether oxygens (including phenoxy) is 1. The number of hydrogen-bond donors (Lipinski definition) is 3. The average molecular weight is 841 g/mol. The smallest absolute Gasteiger partial charge is 0.410 e. The molecule has 4 amide bonds. The third-order valence-electron chi connectivity index (χ3n) is 11.0. The number of halogens is 2. The van der Waals surface area contributed by atoms with Crippen molar-refractivity contribution in [1.82, 2.24) is 30.4 Å².